The highest BCUT2D eigenvalue weighted by Gasteiger charge is 2.23. The van der Waals surface area contributed by atoms with Crippen molar-refractivity contribution in [2.24, 2.45) is 5.92 Å². The summed E-state index contributed by atoms with van der Waals surface area (Å²) in [6.07, 6.45) is 14.1. The van der Waals surface area contributed by atoms with E-state index in [0.29, 0.717) is 6.04 Å². The molecule has 3 rings (SSSR count). The first kappa shape index (κ1) is 18.9. The Balaban J connectivity index is 1.48. The number of hydroxylamine groups is 1. The Morgan fingerprint density at radius 2 is 2.08 bits per heavy atom. The molecule has 0 aromatic carbocycles. The van der Waals surface area contributed by atoms with E-state index in [1.807, 2.05) is 12.1 Å². The van der Waals surface area contributed by atoms with Gasteiger partial charge < -0.3 is 10.2 Å². The number of anilines is 1. The molecule has 1 amide bonds. The van der Waals surface area contributed by atoms with Crippen molar-refractivity contribution in [3.63, 3.8) is 0 Å². The minimum Gasteiger partial charge on any atom is -0.366 e. The predicted molar refractivity (Wildman–Crippen MR) is 103 cm³/mol. The molecule has 2 heterocycles. The number of hydrogen-bond donors (Lipinski definition) is 3. The fourth-order valence-electron chi connectivity index (χ4n) is 4.08. The van der Waals surface area contributed by atoms with E-state index in [9.17, 15) is 4.79 Å². The van der Waals surface area contributed by atoms with Gasteiger partial charge in [0.05, 0.1) is 0 Å². The van der Waals surface area contributed by atoms with Crippen LogP contribution < -0.4 is 10.8 Å². The Kier molecular flexibility index (Phi) is 7.03. The molecule has 2 fully saturated rings. The molecule has 1 atom stereocenters. The van der Waals surface area contributed by atoms with Gasteiger partial charge in [-0.1, -0.05) is 19.3 Å². The molecular weight excluding hydrogens is 328 g/mol. The molecule has 1 aromatic heterocycles. The van der Waals surface area contributed by atoms with Gasteiger partial charge in [-0.15, -0.1) is 0 Å². The first-order valence-electron chi connectivity index (χ1n) is 9.80. The van der Waals surface area contributed by atoms with Crippen molar-refractivity contribution < 1.29 is 10.0 Å². The minimum atomic E-state index is -0.549. The summed E-state index contributed by atoms with van der Waals surface area (Å²) in [6.45, 7) is 3.57. The molecule has 0 radical (unpaired) electrons. The Bertz CT molecular complexity index is 596. The molecule has 0 spiro atoms. The molecule has 142 valence electrons. The van der Waals surface area contributed by atoms with E-state index >= 15 is 0 Å². The van der Waals surface area contributed by atoms with E-state index in [1.54, 1.807) is 17.8 Å². The Morgan fingerprint density at radius 3 is 2.81 bits per heavy atom. The highest BCUT2D eigenvalue weighted by atomic mass is 16.5. The number of hydrogen-bond acceptors (Lipinski definition) is 5. The summed E-state index contributed by atoms with van der Waals surface area (Å²) in [5.41, 5.74) is 2.39. The zero-order valence-electron chi connectivity index (χ0n) is 15.4. The Hall–Kier alpha value is -1.92. The molecule has 1 saturated heterocycles. The van der Waals surface area contributed by atoms with Gasteiger partial charge in [-0.3, -0.25) is 10.0 Å². The molecule has 1 aliphatic heterocycles. The lowest BCUT2D eigenvalue weighted by atomic mass is 9.88. The third kappa shape index (κ3) is 5.81. The highest BCUT2D eigenvalue weighted by molar-refractivity contribution is 5.90. The standard InChI is InChI=1S/C20H30N4O2/c25-20(23-26)11-9-16-8-10-19(21-13-16)22-18-7-4-12-24(15-18)14-17-5-2-1-3-6-17/h8-11,13,17-18,26H,1-7,12,14-15H2,(H,21,22)(H,23,25)/b11-9+/t18-/m1/s1. The zero-order valence-corrected chi connectivity index (χ0v) is 15.4. The van der Waals surface area contributed by atoms with E-state index in [0.717, 1.165) is 23.8 Å². The van der Waals surface area contributed by atoms with Crippen LogP contribution in [0, 0.1) is 5.92 Å². The van der Waals surface area contributed by atoms with Gasteiger partial charge >= 0.3 is 0 Å². The van der Waals surface area contributed by atoms with Gasteiger partial charge in [0.15, 0.2) is 0 Å². The summed E-state index contributed by atoms with van der Waals surface area (Å²) in [5.74, 6) is 1.22. The molecule has 3 N–H and O–H groups in total. The van der Waals surface area contributed by atoms with E-state index < -0.39 is 5.91 Å². The zero-order chi connectivity index (χ0) is 18.2. The second-order valence-electron chi connectivity index (χ2n) is 7.53. The van der Waals surface area contributed by atoms with Gasteiger partial charge in [-0.2, -0.15) is 0 Å². The van der Waals surface area contributed by atoms with Gasteiger partial charge in [0.2, 0.25) is 0 Å². The first-order chi connectivity index (χ1) is 12.7. The lowest BCUT2D eigenvalue weighted by Gasteiger charge is -2.36. The number of nitrogens with zero attached hydrogens (tertiary/aromatic N) is 2. The minimum absolute atomic E-state index is 0.446. The summed E-state index contributed by atoms with van der Waals surface area (Å²) in [6, 6.07) is 4.30. The fraction of sp³-hybridized carbons (Fsp3) is 0.600. The topological polar surface area (TPSA) is 77.5 Å². The number of carbonyl (C=O) groups is 1. The first-order valence-corrected chi connectivity index (χ1v) is 9.80. The van der Waals surface area contributed by atoms with E-state index in [4.69, 9.17) is 5.21 Å². The number of piperidine rings is 1. The van der Waals surface area contributed by atoms with Crippen molar-refractivity contribution in [1.82, 2.24) is 15.4 Å². The van der Waals surface area contributed by atoms with Gasteiger partial charge in [0.25, 0.3) is 5.91 Å². The number of amides is 1. The van der Waals surface area contributed by atoms with Crippen LogP contribution in [0.15, 0.2) is 24.4 Å². The van der Waals surface area contributed by atoms with Crippen LogP contribution in [0.2, 0.25) is 0 Å². The van der Waals surface area contributed by atoms with Crippen molar-refractivity contribution in [2.75, 3.05) is 25.0 Å². The van der Waals surface area contributed by atoms with Crippen LogP contribution >= 0.6 is 0 Å². The third-order valence-corrected chi connectivity index (χ3v) is 5.42. The van der Waals surface area contributed by atoms with Gasteiger partial charge in [0.1, 0.15) is 5.82 Å². The number of rotatable bonds is 6. The van der Waals surface area contributed by atoms with Crippen LogP contribution in [0.25, 0.3) is 6.08 Å². The maximum Gasteiger partial charge on any atom is 0.267 e. The molecule has 1 aromatic rings. The van der Waals surface area contributed by atoms with E-state index in [1.165, 1.54) is 64.1 Å². The lowest BCUT2D eigenvalue weighted by molar-refractivity contribution is -0.124. The number of carbonyl (C=O) groups excluding carboxylic acids is 1. The van der Waals surface area contributed by atoms with Crippen LogP contribution in [0.5, 0.6) is 0 Å². The van der Waals surface area contributed by atoms with Crippen molar-refractivity contribution in [3.8, 4) is 0 Å². The Morgan fingerprint density at radius 1 is 1.23 bits per heavy atom. The summed E-state index contributed by atoms with van der Waals surface area (Å²) in [5, 5.41) is 12.0. The average Bonchev–Trinajstić information content (AvgIpc) is 2.68. The van der Waals surface area contributed by atoms with Gasteiger partial charge in [-0.25, -0.2) is 10.5 Å². The normalized spacial score (nSPS) is 22.4. The van der Waals surface area contributed by atoms with Crippen LogP contribution in [-0.4, -0.2) is 46.7 Å². The van der Waals surface area contributed by atoms with Gasteiger partial charge in [-0.05, 0) is 61.9 Å². The van der Waals surface area contributed by atoms with Crippen LogP contribution in [-0.2, 0) is 4.79 Å². The Labute approximate surface area is 155 Å². The summed E-state index contributed by atoms with van der Waals surface area (Å²) in [4.78, 5) is 18.1. The quantitative estimate of drug-likeness (QED) is 0.414. The maximum absolute atomic E-state index is 11.0. The van der Waals surface area contributed by atoms with Crippen molar-refractivity contribution in [2.45, 2.75) is 51.0 Å². The monoisotopic (exact) mass is 358 g/mol. The average molecular weight is 358 g/mol. The molecule has 1 aliphatic carbocycles. The summed E-state index contributed by atoms with van der Waals surface area (Å²) < 4.78 is 0. The molecule has 0 bridgehead atoms. The van der Waals surface area contributed by atoms with E-state index in [2.05, 4.69) is 15.2 Å². The summed E-state index contributed by atoms with van der Waals surface area (Å²) in [7, 11) is 0. The van der Waals surface area contributed by atoms with Crippen LogP contribution in [0.4, 0.5) is 5.82 Å². The van der Waals surface area contributed by atoms with Crippen molar-refractivity contribution in [1.29, 1.82) is 0 Å². The maximum atomic E-state index is 11.0. The molecule has 0 unspecified atom stereocenters. The lowest BCUT2D eigenvalue weighted by Crippen LogP contribution is -2.44. The number of pyridine rings is 1. The van der Waals surface area contributed by atoms with Crippen molar-refractivity contribution in [3.05, 3.63) is 30.0 Å². The molecule has 6 heteroatoms. The predicted octanol–water partition coefficient (Wildman–Crippen LogP) is 3.06. The van der Waals surface area contributed by atoms with Crippen molar-refractivity contribution >= 4 is 17.8 Å². The number of nitrogens with one attached hydrogen (secondary N) is 2. The van der Waals surface area contributed by atoms with Crippen LogP contribution in [0.3, 0.4) is 0 Å². The number of aromatic nitrogens is 1. The highest BCUT2D eigenvalue weighted by Crippen LogP contribution is 2.26. The third-order valence-electron chi connectivity index (χ3n) is 5.42. The largest absolute Gasteiger partial charge is 0.366 e. The molecule has 26 heavy (non-hydrogen) atoms. The smallest absolute Gasteiger partial charge is 0.267 e. The molecule has 2 aliphatic rings. The molecular formula is C20H30N4O2. The summed E-state index contributed by atoms with van der Waals surface area (Å²) >= 11 is 0. The SMILES string of the molecule is O=C(/C=C/c1ccc(N[C@@H]2CCCN(CC3CCCCC3)C2)nc1)NO. The number of likely N-dealkylation sites (tertiary alicyclic amines) is 1. The fourth-order valence-corrected chi connectivity index (χ4v) is 4.08. The second-order valence-corrected chi connectivity index (χ2v) is 7.53. The van der Waals surface area contributed by atoms with Crippen LogP contribution in [0.1, 0.15) is 50.5 Å². The van der Waals surface area contributed by atoms with Gasteiger partial charge in [0, 0.05) is 31.4 Å². The van der Waals surface area contributed by atoms with E-state index in [-0.39, 0.29) is 0 Å². The molecule has 1 saturated carbocycles. The molecule has 6 nitrogen and oxygen atoms in total. The second kappa shape index (κ2) is 9.69.